The summed E-state index contributed by atoms with van der Waals surface area (Å²) in [5.74, 6) is 1.20. The molecule has 8 heteroatoms. The summed E-state index contributed by atoms with van der Waals surface area (Å²) in [7, 11) is 1.55. The predicted molar refractivity (Wildman–Crippen MR) is 107 cm³/mol. The van der Waals surface area contributed by atoms with Crippen molar-refractivity contribution in [1.82, 2.24) is 5.27 Å². The second kappa shape index (κ2) is 8.36. The van der Waals surface area contributed by atoms with Crippen LogP contribution in [0.2, 0.25) is 0 Å². The van der Waals surface area contributed by atoms with Gasteiger partial charge in [0.15, 0.2) is 0 Å². The van der Waals surface area contributed by atoms with Gasteiger partial charge in [-0.05, 0) is 58.5 Å². The molecule has 0 radical (unpaired) electrons. The fourth-order valence-corrected chi connectivity index (χ4v) is 2.75. The normalized spacial score (nSPS) is 11.3. The van der Waals surface area contributed by atoms with Gasteiger partial charge in [0.2, 0.25) is 5.69 Å². The van der Waals surface area contributed by atoms with Gasteiger partial charge < -0.3 is 14.6 Å². The van der Waals surface area contributed by atoms with Gasteiger partial charge in [-0.3, -0.25) is 9.52 Å². The Balaban J connectivity index is 1.59. The zero-order valence-corrected chi connectivity index (χ0v) is 15.9. The first-order chi connectivity index (χ1) is 14.6. The van der Waals surface area contributed by atoms with E-state index in [4.69, 9.17) is 14.0 Å². The molecule has 1 heterocycles. The lowest BCUT2D eigenvalue weighted by molar-refractivity contribution is -0.673. The van der Waals surface area contributed by atoms with Crippen LogP contribution in [-0.2, 0) is 0 Å². The van der Waals surface area contributed by atoms with Crippen LogP contribution in [0.5, 0.6) is 17.2 Å². The van der Waals surface area contributed by atoms with E-state index >= 15 is 0 Å². The van der Waals surface area contributed by atoms with Crippen molar-refractivity contribution in [3.63, 3.8) is 0 Å². The number of hydrogen-bond donors (Lipinski definition) is 1. The fraction of sp³-hybridized carbons (Fsp3) is 0.0455. The van der Waals surface area contributed by atoms with Crippen LogP contribution in [0, 0.1) is 0 Å². The molecule has 0 aliphatic carbocycles. The number of rotatable bonds is 6. The Kier molecular flexibility index (Phi) is 5.29. The van der Waals surface area contributed by atoms with Crippen LogP contribution in [0.1, 0.15) is 5.69 Å². The van der Waals surface area contributed by atoms with Gasteiger partial charge in [0.1, 0.15) is 17.2 Å². The number of H-pyrrole nitrogens is 1. The molecule has 1 aromatic heterocycles. The lowest BCUT2D eigenvalue weighted by Gasteiger charge is -2.07. The predicted octanol–water partition coefficient (Wildman–Crippen LogP) is 2.48. The SMILES string of the molecule is COc1ccc(-[n+]2[nH]oc(=O)c2C([O-])=Nc2ccc(Oc3ccccc3)cc2)cc1. The second-order valence-electron chi connectivity index (χ2n) is 6.19. The summed E-state index contributed by atoms with van der Waals surface area (Å²) in [6.45, 7) is 0. The van der Waals surface area contributed by atoms with Crippen molar-refractivity contribution in [2.45, 2.75) is 0 Å². The number of benzene rings is 3. The molecule has 3 aromatic carbocycles. The number of para-hydroxylation sites is 1. The standard InChI is InChI=1S/C22H17N3O5/c1-28-17-13-9-16(10-14-17)25-20(22(27)30-24-25)21(26)23-15-7-11-19(12-8-15)29-18-5-3-2-4-6-18/h2-14H,1H3,(H-,23,24,26,27). The number of ether oxygens (including phenoxy) is 2. The van der Waals surface area contributed by atoms with Crippen molar-refractivity contribution >= 4 is 11.6 Å². The molecular formula is C22H17N3O5. The molecule has 0 saturated carbocycles. The van der Waals surface area contributed by atoms with Crippen LogP contribution < -0.4 is 24.9 Å². The van der Waals surface area contributed by atoms with E-state index in [2.05, 4.69) is 10.3 Å². The van der Waals surface area contributed by atoms with Crippen LogP contribution in [-0.4, -0.2) is 18.3 Å². The Morgan fingerprint density at radius 3 is 2.23 bits per heavy atom. The first kappa shape index (κ1) is 19.0. The molecule has 4 rings (SSSR count). The highest BCUT2D eigenvalue weighted by atomic mass is 16.5. The van der Waals surface area contributed by atoms with Crippen LogP contribution in [0.15, 0.2) is 93.2 Å². The molecule has 0 atom stereocenters. The van der Waals surface area contributed by atoms with Gasteiger partial charge >= 0.3 is 11.3 Å². The third-order valence-corrected chi connectivity index (χ3v) is 4.23. The van der Waals surface area contributed by atoms with E-state index in [1.54, 1.807) is 55.6 Å². The number of aromatic nitrogens is 2. The Labute approximate surface area is 171 Å². The molecule has 0 saturated heterocycles. The van der Waals surface area contributed by atoms with Gasteiger partial charge in [-0.1, -0.05) is 18.2 Å². The van der Waals surface area contributed by atoms with Gasteiger partial charge in [-0.15, -0.1) is 0 Å². The van der Waals surface area contributed by atoms with Gasteiger partial charge in [0.05, 0.1) is 18.7 Å². The Morgan fingerprint density at radius 2 is 1.57 bits per heavy atom. The summed E-state index contributed by atoms with van der Waals surface area (Å²) in [5, 5.41) is 15.1. The molecule has 0 bridgehead atoms. The maximum absolute atomic E-state index is 12.7. The summed E-state index contributed by atoms with van der Waals surface area (Å²) in [5.41, 5.74) is -0.164. The largest absolute Gasteiger partial charge is 0.854 e. The fourth-order valence-electron chi connectivity index (χ4n) is 2.75. The number of nitrogens with zero attached hydrogens (tertiary/aromatic N) is 2. The third-order valence-electron chi connectivity index (χ3n) is 4.23. The highest BCUT2D eigenvalue weighted by molar-refractivity contribution is 5.88. The average Bonchev–Trinajstić information content (AvgIpc) is 3.17. The number of aliphatic imine (C=N–C) groups is 1. The summed E-state index contributed by atoms with van der Waals surface area (Å²) in [6, 6.07) is 22.7. The van der Waals surface area contributed by atoms with Crippen molar-refractivity contribution < 1.29 is 23.8 Å². The second-order valence-corrected chi connectivity index (χ2v) is 6.19. The Bertz CT molecular complexity index is 1210. The molecule has 4 aromatic rings. The van der Waals surface area contributed by atoms with Crippen molar-refractivity contribution in [1.29, 1.82) is 0 Å². The van der Waals surface area contributed by atoms with Crippen molar-refractivity contribution in [2.75, 3.05) is 7.11 Å². The van der Waals surface area contributed by atoms with E-state index < -0.39 is 11.5 Å². The number of aromatic amines is 1. The molecular weight excluding hydrogens is 386 g/mol. The monoisotopic (exact) mass is 403 g/mol. The van der Waals surface area contributed by atoms with Crippen molar-refractivity contribution in [3.05, 3.63) is 95.0 Å². The summed E-state index contributed by atoms with van der Waals surface area (Å²) in [4.78, 5) is 16.1. The molecule has 150 valence electrons. The smallest absolute Gasteiger partial charge is 0.436 e. The molecule has 0 unspecified atom stereocenters. The average molecular weight is 403 g/mol. The number of hydrogen-bond acceptors (Lipinski definition) is 6. The summed E-state index contributed by atoms with van der Waals surface area (Å²) >= 11 is 0. The summed E-state index contributed by atoms with van der Waals surface area (Å²) in [6.07, 6.45) is 0. The number of methoxy groups -OCH3 is 1. The van der Waals surface area contributed by atoms with Gasteiger partial charge in [-0.25, -0.2) is 4.79 Å². The zero-order chi connectivity index (χ0) is 20.9. The van der Waals surface area contributed by atoms with E-state index in [1.165, 1.54) is 4.68 Å². The Morgan fingerprint density at radius 1 is 0.933 bits per heavy atom. The highest BCUT2D eigenvalue weighted by Crippen LogP contribution is 2.23. The lowest BCUT2D eigenvalue weighted by Crippen LogP contribution is -2.44. The van der Waals surface area contributed by atoms with E-state index in [1.807, 2.05) is 30.3 Å². The molecule has 8 nitrogen and oxygen atoms in total. The van der Waals surface area contributed by atoms with Gasteiger partial charge in [0.25, 0.3) is 0 Å². The van der Waals surface area contributed by atoms with Crippen LogP contribution >= 0.6 is 0 Å². The van der Waals surface area contributed by atoms with Gasteiger partial charge in [0, 0.05) is 12.1 Å². The van der Waals surface area contributed by atoms with Crippen LogP contribution in [0.3, 0.4) is 0 Å². The quantitative estimate of drug-likeness (QED) is 0.303. The zero-order valence-electron chi connectivity index (χ0n) is 15.9. The van der Waals surface area contributed by atoms with Crippen LogP contribution in [0.4, 0.5) is 5.69 Å². The van der Waals surface area contributed by atoms with Crippen molar-refractivity contribution in [3.8, 4) is 22.9 Å². The minimum absolute atomic E-state index is 0.246. The lowest BCUT2D eigenvalue weighted by atomic mass is 10.3. The first-order valence-electron chi connectivity index (χ1n) is 9.01. The topological polar surface area (TPSA) is 104 Å². The highest BCUT2D eigenvalue weighted by Gasteiger charge is 2.23. The molecule has 0 aliphatic heterocycles. The minimum atomic E-state index is -0.816. The number of nitrogens with one attached hydrogen (secondary N) is 1. The maximum Gasteiger partial charge on any atom is 0.436 e. The molecule has 0 amide bonds. The molecule has 0 fully saturated rings. The van der Waals surface area contributed by atoms with Gasteiger partial charge in [-0.2, -0.15) is 0 Å². The summed E-state index contributed by atoms with van der Waals surface area (Å²) < 4.78 is 16.9. The van der Waals surface area contributed by atoms with E-state index in [0.717, 1.165) is 0 Å². The maximum atomic E-state index is 12.7. The Hall–Kier alpha value is -4.33. The first-order valence-corrected chi connectivity index (χ1v) is 9.01. The third kappa shape index (κ3) is 4.07. The minimum Gasteiger partial charge on any atom is -0.854 e. The molecule has 0 spiro atoms. The molecule has 0 aliphatic rings. The molecule has 1 N–H and O–H groups in total. The van der Waals surface area contributed by atoms with Crippen LogP contribution in [0.25, 0.3) is 5.69 Å². The van der Waals surface area contributed by atoms with E-state index in [0.29, 0.717) is 28.6 Å². The molecule has 30 heavy (non-hydrogen) atoms. The van der Waals surface area contributed by atoms with E-state index in [-0.39, 0.29) is 5.69 Å². The van der Waals surface area contributed by atoms with Crippen molar-refractivity contribution in [2.24, 2.45) is 4.99 Å². The van der Waals surface area contributed by atoms with E-state index in [9.17, 15) is 9.90 Å².